The van der Waals surface area contributed by atoms with E-state index >= 15 is 0 Å². The largest absolute Gasteiger partial charge is 0.508 e. The molecule has 4 rings (SSSR count). The van der Waals surface area contributed by atoms with E-state index in [1.807, 2.05) is 0 Å². The van der Waals surface area contributed by atoms with Crippen LogP contribution in [0.3, 0.4) is 0 Å². The number of phenolic OH excluding ortho intramolecular Hbond substituents is 1. The fourth-order valence-electron chi connectivity index (χ4n) is 3.98. The lowest BCUT2D eigenvalue weighted by molar-refractivity contribution is 0.0991. The summed E-state index contributed by atoms with van der Waals surface area (Å²) in [5.74, 6) is -0.0837. The molecule has 0 spiro atoms. The van der Waals surface area contributed by atoms with Crippen LogP contribution < -0.4 is 5.32 Å². The van der Waals surface area contributed by atoms with E-state index in [0.29, 0.717) is 22.2 Å². The molecular formula is C26H25ClN4O3. The molecule has 0 bridgehead atoms. The van der Waals surface area contributed by atoms with Crippen molar-refractivity contribution in [2.45, 2.75) is 25.7 Å². The number of anilines is 1. The Morgan fingerprint density at radius 1 is 1.00 bits per heavy atom. The van der Waals surface area contributed by atoms with E-state index in [9.17, 15) is 14.7 Å². The number of likely N-dealkylation sites (tertiary alicyclic amines) is 1. The van der Waals surface area contributed by atoms with Crippen LogP contribution in [0.1, 0.15) is 51.1 Å². The zero-order valence-corrected chi connectivity index (χ0v) is 19.3. The molecule has 0 aliphatic carbocycles. The molecule has 34 heavy (non-hydrogen) atoms. The number of benzene rings is 2. The molecule has 1 aliphatic rings. The number of carbonyl (C=O) groups excluding carboxylic acids is 2. The monoisotopic (exact) mass is 476 g/mol. The third kappa shape index (κ3) is 5.43. The molecule has 0 saturated carbocycles. The summed E-state index contributed by atoms with van der Waals surface area (Å²) in [6, 6.07) is 14.6. The first-order valence-electron chi connectivity index (χ1n) is 11.1. The minimum absolute atomic E-state index is 0.131. The van der Waals surface area contributed by atoms with Gasteiger partial charge in [-0.2, -0.15) is 0 Å². The minimum atomic E-state index is -0.487. The van der Waals surface area contributed by atoms with E-state index in [1.54, 1.807) is 48.5 Å². The van der Waals surface area contributed by atoms with Crippen molar-refractivity contribution < 1.29 is 14.7 Å². The zero-order valence-electron chi connectivity index (χ0n) is 18.6. The SMILES string of the molecule is N=C(c1ccc(C(=O)Cc2c(O)cccc2C(=O)Nc2ccc(Cl)cn2)cc1)N1CCCCC1. The number of nitrogens with zero attached hydrogens (tertiary/aromatic N) is 2. The zero-order chi connectivity index (χ0) is 24.1. The van der Waals surface area contributed by atoms with Crippen LogP contribution in [-0.4, -0.2) is 45.6 Å². The number of pyridine rings is 1. The van der Waals surface area contributed by atoms with Gasteiger partial charge in [-0.05, 0) is 43.5 Å². The van der Waals surface area contributed by atoms with Crippen LogP contribution in [0.15, 0.2) is 60.8 Å². The Morgan fingerprint density at radius 2 is 1.71 bits per heavy atom. The normalized spacial score (nSPS) is 13.4. The number of piperidine rings is 1. The van der Waals surface area contributed by atoms with Crippen LogP contribution in [0.25, 0.3) is 0 Å². The average molecular weight is 477 g/mol. The molecule has 1 amide bonds. The predicted octanol–water partition coefficient (Wildman–Crippen LogP) is 4.93. The number of hydrogen-bond acceptors (Lipinski definition) is 5. The van der Waals surface area contributed by atoms with Crippen LogP contribution in [0.5, 0.6) is 5.75 Å². The molecule has 174 valence electrons. The number of carbonyl (C=O) groups is 2. The Hall–Kier alpha value is -3.71. The Morgan fingerprint density at radius 3 is 2.38 bits per heavy atom. The molecule has 2 heterocycles. The summed E-state index contributed by atoms with van der Waals surface area (Å²) >= 11 is 5.83. The number of rotatable bonds is 6. The van der Waals surface area contributed by atoms with E-state index in [2.05, 4.69) is 15.2 Å². The first-order chi connectivity index (χ1) is 16.4. The van der Waals surface area contributed by atoms with Crippen molar-refractivity contribution in [1.82, 2.24) is 9.88 Å². The number of amides is 1. The summed E-state index contributed by atoms with van der Waals surface area (Å²) in [6.45, 7) is 1.76. The molecule has 0 radical (unpaired) electrons. The highest BCUT2D eigenvalue weighted by atomic mass is 35.5. The summed E-state index contributed by atoms with van der Waals surface area (Å²) in [6.07, 6.45) is 4.64. The van der Waals surface area contributed by atoms with Gasteiger partial charge < -0.3 is 15.3 Å². The fourth-order valence-corrected chi connectivity index (χ4v) is 4.10. The van der Waals surface area contributed by atoms with Crippen molar-refractivity contribution in [3.63, 3.8) is 0 Å². The number of phenols is 1. The molecule has 1 aliphatic heterocycles. The van der Waals surface area contributed by atoms with E-state index in [-0.39, 0.29) is 29.1 Å². The van der Waals surface area contributed by atoms with Crippen molar-refractivity contribution in [1.29, 1.82) is 5.41 Å². The fraction of sp³-hybridized carbons (Fsp3) is 0.231. The maximum Gasteiger partial charge on any atom is 0.257 e. The Bertz CT molecular complexity index is 1200. The highest BCUT2D eigenvalue weighted by Crippen LogP contribution is 2.24. The summed E-state index contributed by atoms with van der Waals surface area (Å²) in [5.41, 5.74) is 1.64. The maximum atomic E-state index is 13.0. The van der Waals surface area contributed by atoms with Crippen molar-refractivity contribution in [2.24, 2.45) is 0 Å². The predicted molar refractivity (Wildman–Crippen MR) is 132 cm³/mol. The summed E-state index contributed by atoms with van der Waals surface area (Å²) in [4.78, 5) is 31.9. The van der Waals surface area contributed by atoms with Crippen molar-refractivity contribution in [2.75, 3.05) is 18.4 Å². The van der Waals surface area contributed by atoms with Crippen LogP contribution in [0.2, 0.25) is 5.02 Å². The van der Waals surface area contributed by atoms with Crippen LogP contribution in [0, 0.1) is 5.41 Å². The molecule has 3 aromatic rings. The first-order valence-corrected chi connectivity index (χ1v) is 11.5. The lowest BCUT2D eigenvalue weighted by Crippen LogP contribution is -2.35. The Labute approximate surface area is 202 Å². The molecule has 8 heteroatoms. The van der Waals surface area contributed by atoms with Crippen molar-refractivity contribution in [3.05, 3.63) is 88.1 Å². The highest BCUT2D eigenvalue weighted by molar-refractivity contribution is 6.30. The summed E-state index contributed by atoms with van der Waals surface area (Å²) in [5, 5.41) is 21.9. The molecule has 0 atom stereocenters. The van der Waals surface area contributed by atoms with Gasteiger partial charge in [-0.25, -0.2) is 4.98 Å². The topological polar surface area (TPSA) is 106 Å². The second kappa shape index (κ2) is 10.5. The highest BCUT2D eigenvalue weighted by Gasteiger charge is 2.20. The van der Waals surface area contributed by atoms with Gasteiger partial charge in [-0.1, -0.05) is 41.9 Å². The van der Waals surface area contributed by atoms with Gasteiger partial charge in [0.2, 0.25) is 0 Å². The van der Waals surface area contributed by atoms with E-state index in [1.165, 1.54) is 18.7 Å². The number of aromatic nitrogens is 1. The number of halogens is 1. The molecule has 3 N–H and O–H groups in total. The molecule has 7 nitrogen and oxygen atoms in total. The van der Waals surface area contributed by atoms with Gasteiger partial charge in [-0.15, -0.1) is 0 Å². The van der Waals surface area contributed by atoms with Gasteiger partial charge in [0, 0.05) is 48.0 Å². The van der Waals surface area contributed by atoms with Crippen LogP contribution in [0.4, 0.5) is 5.82 Å². The quantitative estimate of drug-likeness (QED) is 0.266. The third-order valence-electron chi connectivity index (χ3n) is 5.85. The van der Waals surface area contributed by atoms with Crippen LogP contribution >= 0.6 is 11.6 Å². The third-order valence-corrected chi connectivity index (χ3v) is 6.08. The molecule has 1 saturated heterocycles. The van der Waals surface area contributed by atoms with Gasteiger partial charge in [0.25, 0.3) is 5.91 Å². The number of hydrogen-bond donors (Lipinski definition) is 3. The smallest absolute Gasteiger partial charge is 0.257 e. The van der Waals surface area contributed by atoms with E-state index in [0.717, 1.165) is 31.5 Å². The molecule has 2 aromatic carbocycles. The lowest BCUT2D eigenvalue weighted by Gasteiger charge is -2.29. The van der Waals surface area contributed by atoms with Gasteiger partial charge in [0.1, 0.15) is 17.4 Å². The lowest BCUT2D eigenvalue weighted by atomic mass is 9.96. The summed E-state index contributed by atoms with van der Waals surface area (Å²) < 4.78 is 0. The molecular weight excluding hydrogens is 452 g/mol. The molecule has 1 fully saturated rings. The number of aromatic hydroxyl groups is 1. The average Bonchev–Trinajstić information content (AvgIpc) is 2.86. The van der Waals surface area contributed by atoms with Gasteiger partial charge >= 0.3 is 0 Å². The van der Waals surface area contributed by atoms with Crippen molar-refractivity contribution in [3.8, 4) is 5.75 Å². The van der Waals surface area contributed by atoms with E-state index in [4.69, 9.17) is 17.0 Å². The molecule has 1 aromatic heterocycles. The van der Waals surface area contributed by atoms with Gasteiger partial charge in [0.15, 0.2) is 5.78 Å². The molecule has 0 unspecified atom stereocenters. The minimum Gasteiger partial charge on any atom is -0.508 e. The van der Waals surface area contributed by atoms with Crippen molar-refractivity contribution >= 4 is 34.9 Å². The first kappa shape index (κ1) is 23.4. The second-order valence-corrected chi connectivity index (χ2v) is 8.63. The Kier molecular flexibility index (Phi) is 7.23. The number of amidine groups is 1. The number of nitrogens with one attached hydrogen (secondary N) is 2. The second-order valence-electron chi connectivity index (χ2n) is 8.19. The maximum absolute atomic E-state index is 13.0. The number of Topliss-reactive ketones (excluding diaryl/α,β-unsaturated/α-hetero) is 1. The number of ketones is 1. The Balaban J connectivity index is 1.49. The summed E-state index contributed by atoms with van der Waals surface area (Å²) in [7, 11) is 0. The van der Waals surface area contributed by atoms with Gasteiger partial charge in [-0.3, -0.25) is 15.0 Å². The standard InChI is InChI=1S/C26H25ClN4O3/c27-19-11-12-24(29-16-19)30-26(34)20-5-4-6-22(32)21(20)15-23(33)17-7-9-18(10-8-17)25(28)31-13-2-1-3-14-31/h4-12,16,28,32H,1-3,13-15H2,(H,29,30,34). The van der Waals surface area contributed by atoms with Crippen LogP contribution in [-0.2, 0) is 6.42 Å². The van der Waals surface area contributed by atoms with E-state index < -0.39 is 5.91 Å². The van der Waals surface area contributed by atoms with Gasteiger partial charge in [0.05, 0.1) is 5.02 Å².